The van der Waals surface area contributed by atoms with Crippen molar-refractivity contribution in [2.24, 2.45) is 5.73 Å². The third kappa shape index (κ3) is 2.32. The van der Waals surface area contributed by atoms with Crippen LogP contribution in [0.1, 0.15) is 42.5 Å². The van der Waals surface area contributed by atoms with E-state index in [1.807, 2.05) is 19.9 Å². The third-order valence-corrected chi connectivity index (χ3v) is 2.45. The fourth-order valence-corrected chi connectivity index (χ4v) is 1.85. The Labute approximate surface area is 85.1 Å². The van der Waals surface area contributed by atoms with E-state index < -0.39 is 0 Å². The second kappa shape index (κ2) is 4.56. The van der Waals surface area contributed by atoms with Crippen LogP contribution < -0.4 is 5.73 Å². The first-order chi connectivity index (χ1) is 6.56. The van der Waals surface area contributed by atoms with Gasteiger partial charge in [-0.3, -0.25) is 0 Å². The minimum Gasteiger partial charge on any atom is -0.324 e. The minimum atomic E-state index is -0.166. The van der Waals surface area contributed by atoms with Gasteiger partial charge >= 0.3 is 0 Å². The first-order valence-corrected chi connectivity index (χ1v) is 5.08. The van der Waals surface area contributed by atoms with Crippen molar-refractivity contribution in [3.05, 3.63) is 34.6 Å². The lowest BCUT2D eigenvalue weighted by Crippen LogP contribution is -2.13. The van der Waals surface area contributed by atoms with Crippen molar-refractivity contribution in [3.8, 4) is 0 Å². The van der Waals surface area contributed by atoms with Crippen LogP contribution in [-0.4, -0.2) is 0 Å². The van der Waals surface area contributed by atoms with Crippen LogP contribution in [0.5, 0.6) is 0 Å². The SMILES string of the molecule is CCCC(N)c1c(C)cc(C)cc1F. The molecule has 0 aliphatic heterocycles. The molecule has 1 rings (SSSR count). The summed E-state index contributed by atoms with van der Waals surface area (Å²) in [4.78, 5) is 0. The Morgan fingerprint density at radius 3 is 2.50 bits per heavy atom. The van der Waals surface area contributed by atoms with E-state index in [0.717, 1.165) is 24.0 Å². The zero-order valence-electron chi connectivity index (χ0n) is 9.10. The van der Waals surface area contributed by atoms with Crippen LogP contribution in [0.3, 0.4) is 0 Å². The molecule has 0 saturated carbocycles. The normalized spacial score (nSPS) is 12.9. The van der Waals surface area contributed by atoms with Crippen molar-refractivity contribution >= 4 is 0 Å². The zero-order chi connectivity index (χ0) is 10.7. The van der Waals surface area contributed by atoms with Crippen LogP contribution in [0.25, 0.3) is 0 Å². The summed E-state index contributed by atoms with van der Waals surface area (Å²) in [5.41, 5.74) is 8.51. The Kier molecular flexibility index (Phi) is 3.64. The van der Waals surface area contributed by atoms with Gasteiger partial charge < -0.3 is 5.73 Å². The van der Waals surface area contributed by atoms with E-state index in [2.05, 4.69) is 6.92 Å². The number of hydrogen-bond donors (Lipinski definition) is 1. The molecule has 0 aromatic heterocycles. The van der Waals surface area contributed by atoms with Gasteiger partial charge in [0.15, 0.2) is 0 Å². The van der Waals surface area contributed by atoms with Crippen LogP contribution in [0.4, 0.5) is 4.39 Å². The van der Waals surface area contributed by atoms with Crippen molar-refractivity contribution < 1.29 is 4.39 Å². The largest absolute Gasteiger partial charge is 0.324 e. The van der Waals surface area contributed by atoms with E-state index in [0.29, 0.717) is 5.56 Å². The van der Waals surface area contributed by atoms with Gasteiger partial charge in [-0.2, -0.15) is 0 Å². The van der Waals surface area contributed by atoms with Crippen LogP contribution in [0.15, 0.2) is 12.1 Å². The summed E-state index contributed by atoms with van der Waals surface area (Å²) in [5.74, 6) is -0.163. The van der Waals surface area contributed by atoms with E-state index in [1.165, 1.54) is 0 Å². The van der Waals surface area contributed by atoms with Gasteiger partial charge in [0.1, 0.15) is 5.82 Å². The fraction of sp³-hybridized carbons (Fsp3) is 0.500. The maximum Gasteiger partial charge on any atom is 0.128 e. The average Bonchev–Trinajstić information content (AvgIpc) is 2.01. The molecule has 1 atom stereocenters. The number of hydrogen-bond acceptors (Lipinski definition) is 1. The Morgan fingerprint density at radius 1 is 1.36 bits per heavy atom. The van der Waals surface area contributed by atoms with E-state index in [1.54, 1.807) is 6.07 Å². The standard InChI is InChI=1S/C12H18FN/c1-4-5-11(14)12-9(3)6-8(2)7-10(12)13/h6-7,11H,4-5,14H2,1-3H3. The molecule has 0 bridgehead atoms. The number of nitrogens with two attached hydrogens (primary N) is 1. The number of rotatable bonds is 3. The van der Waals surface area contributed by atoms with E-state index in [4.69, 9.17) is 5.73 Å². The highest BCUT2D eigenvalue weighted by molar-refractivity contribution is 5.34. The molecule has 2 N–H and O–H groups in total. The second-order valence-electron chi connectivity index (χ2n) is 3.87. The third-order valence-electron chi connectivity index (χ3n) is 2.45. The summed E-state index contributed by atoms with van der Waals surface area (Å²) in [6.07, 6.45) is 1.81. The smallest absolute Gasteiger partial charge is 0.128 e. The molecule has 1 nitrogen and oxygen atoms in total. The predicted octanol–water partition coefficient (Wildman–Crippen LogP) is 3.24. The summed E-state index contributed by atoms with van der Waals surface area (Å²) in [6.45, 7) is 5.87. The average molecular weight is 195 g/mol. The first-order valence-electron chi connectivity index (χ1n) is 5.08. The number of benzene rings is 1. The van der Waals surface area contributed by atoms with Crippen molar-refractivity contribution in [1.82, 2.24) is 0 Å². The quantitative estimate of drug-likeness (QED) is 0.787. The molecule has 0 saturated heterocycles. The molecule has 1 unspecified atom stereocenters. The maximum absolute atomic E-state index is 13.6. The minimum absolute atomic E-state index is 0.163. The molecule has 1 aromatic rings. The summed E-state index contributed by atoms with van der Waals surface area (Å²) in [6, 6.07) is 3.37. The van der Waals surface area contributed by atoms with Crippen LogP contribution in [-0.2, 0) is 0 Å². The predicted molar refractivity (Wildman–Crippen MR) is 57.7 cm³/mol. The Bertz CT molecular complexity index is 297. The zero-order valence-corrected chi connectivity index (χ0v) is 9.10. The molecule has 2 heteroatoms. The molecular weight excluding hydrogens is 177 g/mol. The molecule has 78 valence electrons. The van der Waals surface area contributed by atoms with Crippen LogP contribution >= 0.6 is 0 Å². The fourth-order valence-electron chi connectivity index (χ4n) is 1.85. The topological polar surface area (TPSA) is 26.0 Å². The molecule has 0 amide bonds. The molecule has 0 aliphatic rings. The van der Waals surface area contributed by atoms with Gasteiger partial charge in [-0.1, -0.05) is 19.4 Å². The van der Waals surface area contributed by atoms with Crippen molar-refractivity contribution in [3.63, 3.8) is 0 Å². The van der Waals surface area contributed by atoms with E-state index in [-0.39, 0.29) is 11.9 Å². The van der Waals surface area contributed by atoms with Gasteiger partial charge in [0.05, 0.1) is 0 Å². The second-order valence-corrected chi connectivity index (χ2v) is 3.87. The molecule has 0 spiro atoms. The lowest BCUT2D eigenvalue weighted by Gasteiger charge is -2.15. The van der Waals surface area contributed by atoms with E-state index in [9.17, 15) is 4.39 Å². The lowest BCUT2D eigenvalue weighted by atomic mass is 9.96. The van der Waals surface area contributed by atoms with Gasteiger partial charge in [0.25, 0.3) is 0 Å². The lowest BCUT2D eigenvalue weighted by molar-refractivity contribution is 0.556. The van der Waals surface area contributed by atoms with Gasteiger partial charge in [-0.15, -0.1) is 0 Å². The number of halogens is 1. The molecule has 0 aliphatic carbocycles. The van der Waals surface area contributed by atoms with Crippen LogP contribution in [0, 0.1) is 19.7 Å². The van der Waals surface area contributed by atoms with Gasteiger partial charge in [0, 0.05) is 11.6 Å². The molecule has 0 heterocycles. The molecular formula is C12H18FN. The van der Waals surface area contributed by atoms with Gasteiger partial charge in [0.2, 0.25) is 0 Å². The summed E-state index contributed by atoms with van der Waals surface area (Å²) in [7, 11) is 0. The van der Waals surface area contributed by atoms with Crippen molar-refractivity contribution in [2.75, 3.05) is 0 Å². The molecule has 1 aromatic carbocycles. The highest BCUT2D eigenvalue weighted by Gasteiger charge is 2.13. The Hall–Kier alpha value is -0.890. The molecule has 14 heavy (non-hydrogen) atoms. The summed E-state index contributed by atoms with van der Waals surface area (Å²) < 4.78 is 13.6. The highest BCUT2D eigenvalue weighted by Crippen LogP contribution is 2.24. The monoisotopic (exact) mass is 195 g/mol. The Morgan fingerprint density at radius 2 is 2.00 bits per heavy atom. The number of aryl methyl sites for hydroxylation is 2. The Balaban J connectivity index is 3.07. The summed E-state index contributed by atoms with van der Waals surface area (Å²) in [5, 5.41) is 0. The molecule has 0 fully saturated rings. The highest BCUT2D eigenvalue weighted by atomic mass is 19.1. The summed E-state index contributed by atoms with van der Waals surface area (Å²) >= 11 is 0. The van der Waals surface area contributed by atoms with Gasteiger partial charge in [-0.25, -0.2) is 4.39 Å². The first kappa shape index (κ1) is 11.2. The van der Waals surface area contributed by atoms with E-state index >= 15 is 0 Å². The van der Waals surface area contributed by atoms with Crippen molar-refractivity contribution in [1.29, 1.82) is 0 Å². The van der Waals surface area contributed by atoms with Crippen LogP contribution in [0.2, 0.25) is 0 Å². The van der Waals surface area contributed by atoms with Gasteiger partial charge in [-0.05, 0) is 37.5 Å². The molecule has 0 radical (unpaired) electrons. The van der Waals surface area contributed by atoms with Crippen molar-refractivity contribution in [2.45, 2.75) is 39.7 Å². The maximum atomic E-state index is 13.6.